The van der Waals surface area contributed by atoms with Crippen LogP contribution < -0.4 is 10.6 Å². The van der Waals surface area contributed by atoms with Gasteiger partial charge in [0.25, 0.3) is 0 Å². The van der Waals surface area contributed by atoms with Crippen LogP contribution in [0.15, 0.2) is 30.5 Å². The minimum Gasteiger partial charge on any atom is -0.325 e. The molecule has 10 heteroatoms. The maximum atomic E-state index is 14.7. The zero-order valence-corrected chi connectivity index (χ0v) is 17.3. The Kier molecular flexibility index (Phi) is 5.22. The van der Waals surface area contributed by atoms with Gasteiger partial charge in [0.15, 0.2) is 11.6 Å². The summed E-state index contributed by atoms with van der Waals surface area (Å²) < 4.78 is 43.9. The van der Waals surface area contributed by atoms with Gasteiger partial charge < -0.3 is 15.2 Å². The molecule has 2 N–H and O–H groups in total. The van der Waals surface area contributed by atoms with Crippen LogP contribution >= 0.6 is 0 Å². The monoisotopic (exact) mass is 439 g/mol. The lowest BCUT2D eigenvalue weighted by Crippen LogP contribution is -2.24. The number of halogens is 3. The van der Waals surface area contributed by atoms with E-state index in [2.05, 4.69) is 30.6 Å². The van der Waals surface area contributed by atoms with Crippen LogP contribution in [0.5, 0.6) is 0 Å². The van der Waals surface area contributed by atoms with E-state index in [4.69, 9.17) is 0 Å². The number of aromatic nitrogens is 5. The smallest absolute Gasteiger partial charge is 0.229 e. The summed E-state index contributed by atoms with van der Waals surface area (Å²) in [6.07, 6.45) is 1.84. The first-order valence-corrected chi connectivity index (χ1v) is 10.3. The molecule has 1 aromatic carbocycles. The molecular weight excluding hydrogens is 419 g/mol. The van der Waals surface area contributed by atoms with E-state index in [0.29, 0.717) is 17.2 Å². The molecule has 0 atom stereocenters. The van der Waals surface area contributed by atoms with E-state index in [1.807, 2.05) is 12.1 Å². The van der Waals surface area contributed by atoms with Crippen LogP contribution in [-0.4, -0.2) is 37.7 Å². The molecule has 0 spiro atoms. The summed E-state index contributed by atoms with van der Waals surface area (Å²) in [7, 11) is 0. The molecule has 0 saturated carbocycles. The minimum absolute atomic E-state index is 0.0316. The third-order valence-corrected chi connectivity index (χ3v) is 5.49. The van der Waals surface area contributed by atoms with Crippen molar-refractivity contribution in [3.05, 3.63) is 59.2 Å². The van der Waals surface area contributed by atoms with E-state index in [9.17, 15) is 13.2 Å². The first kappa shape index (κ1) is 20.4. The summed E-state index contributed by atoms with van der Waals surface area (Å²) in [5.41, 5.74) is 2.75. The van der Waals surface area contributed by atoms with E-state index >= 15 is 0 Å². The van der Waals surface area contributed by atoms with Gasteiger partial charge in [0.05, 0.1) is 18.3 Å². The lowest BCUT2D eigenvalue weighted by atomic mass is 10.1. The second kappa shape index (κ2) is 8.19. The molecule has 0 aliphatic carbocycles. The van der Waals surface area contributed by atoms with Crippen molar-refractivity contribution in [1.29, 1.82) is 0 Å². The molecule has 0 saturated heterocycles. The van der Waals surface area contributed by atoms with Crippen molar-refractivity contribution in [2.24, 2.45) is 0 Å². The standard InChI is InChI=1S/C22H20F3N7/c1-12-28-21-15(24)8-14(9-18(21)32(12)7-5-23)20-16(25)11-27-22(31-20)30-19-3-2-13-10-26-6-4-17(13)29-19/h2-3,8-9,11,26H,4-7,10H2,1H3,(H,27,29,30,31). The number of imidazole rings is 1. The van der Waals surface area contributed by atoms with Crippen molar-refractivity contribution in [1.82, 2.24) is 29.8 Å². The highest BCUT2D eigenvalue weighted by atomic mass is 19.1. The lowest BCUT2D eigenvalue weighted by molar-refractivity contribution is 0.446. The number of nitrogens with zero attached hydrogens (tertiary/aromatic N) is 5. The van der Waals surface area contributed by atoms with Crippen LogP contribution in [0.2, 0.25) is 0 Å². The molecule has 0 radical (unpaired) electrons. The zero-order valence-electron chi connectivity index (χ0n) is 17.3. The van der Waals surface area contributed by atoms with Gasteiger partial charge in [-0.05, 0) is 30.7 Å². The number of benzene rings is 1. The summed E-state index contributed by atoms with van der Waals surface area (Å²) >= 11 is 0. The van der Waals surface area contributed by atoms with Gasteiger partial charge in [0.2, 0.25) is 5.95 Å². The molecule has 4 aromatic rings. The molecule has 4 heterocycles. The molecule has 32 heavy (non-hydrogen) atoms. The molecule has 7 nitrogen and oxygen atoms in total. The summed E-state index contributed by atoms with van der Waals surface area (Å²) in [6, 6.07) is 6.52. The highest BCUT2D eigenvalue weighted by molar-refractivity contribution is 5.83. The van der Waals surface area contributed by atoms with Gasteiger partial charge in [-0.3, -0.25) is 0 Å². The van der Waals surface area contributed by atoms with Crippen LogP contribution in [0.25, 0.3) is 22.3 Å². The van der Waals surface area contributed by atoms with E-state index in [0.717, 1.165) is 37.0 Å². The van der Waals surface area contributed by atoms with Gasteiger partial charge in [0.1, 0.15) is 29.5 Å². The van der Waals surface area contributed by atoms with Crippen LogP contribution in [0.3, 0.4) is 0 Å². The van der Waals surface area contributed by atoms with Crippen molar-refractivity contribution < 1.29 is 13.2 Å². The van der Waals surface area contributed by atoms with Crippen LogP contribution in [0.1, 0.15) is 17.1 Å². The molecule has 1 aliphatic rings. The van der Waals surface area contributed by atoms with Gasteiger partial charge in [-0.2, -0.15) is 0 Å². The average molecular weight is 439 g/mol. The number of alkyl halides is 1. The Balaban J connectivity index is 1.53. The molecule has 3 aromatic heterocycles. The van der Waals surface area contributed by atoms with Gasteiger partial charge in [0, 0.05) is 30.8 Å². The maximum absolute atomic E-state index is 14.7. The van der Waals surface area contributed by atoms with E-state index in [-0.39, 0.29) is 29.3 Å². The zero-order chi connectivity index (χ0) is 22.2. The number of fused-ring (bicyclic) bond motifs is 2. The highest BCUT2D eigenvalue weighted by Gasteiger charge is 2.18. The van der Waals surface area contributed by atoms with Crippen molar-refractivity contribution in [3.63, 3.8) is 0 Å². The second-order valence-electron chi connectivity index (χ2n) is 7.57. The fourth-order valence-electron chi connectivity index (χ4n) is 3.95. The molecule has 0 bridgehead atoms. The molecule has 0 unspecified atom stereocenters. The number of aryl methyl sites for hydroxylation is 2. The molecule has 5 rings (SSSR count). The fraction of sp³-hybridized carbons (Fsp3) is 0.273. The topological polar surface area (TPSA) is 80.6 Å². The van der Waals surface area contributed by atoms with Crippen molar-refractivity contribution in [2.45, 2.75) is 26.4 Å². The SMILES string of the molecule is Cc1nc2c(F)cc(-c3nc(Nc4ccc5c(n4)CCNC5)ncc3F)cc2n1CCF. The van der Waals surface area contributed by atoms with Crippen LogP contribution in [0, 0.1) is 18.6 Å². The Morgan fingerprint density at radius 2 is 2.00 bits per heavy atom. The minimum atomic E-state index is -0.702. The largest absolute Gasteiger partial charge is 0.325 e. The first-order valence-electron chi connectivity index (χ1n) is 10.3. The van der Waals surface area contributed by atoms with Crippen molar-refractivity contribution >= 4 is 22.8 Å². The average Bonchev–Trinajstić information content (AvgIpc) is 3.11. The number of hydrogen-bond acceptors (Lipinski definition) is 6. The Hall–Kier alpha value is -3.53. The van der Waals surface area contributed by atoms with Crippen LogP contribution in [0.4, 0.5) is 24.9 Å². The third kappa shape index (κ3) is 3.66. The number of anilines is 2. The fourth-order valence-corrected chi connectivity index (χ4v) is 3.95. The van der Waals surface area contributed by atoms with Gasteiger partial charge in [-0.15, -0.1) is 0 Å². The van der Waals surface area contributed by atoms with Gasteiger partial charge >= 0.3 is 0 Å². The van der Waals surface area contributed by atoms with E-state index in [1.54, 1.807) is 17.6 Å². The van der Waals surface area contributed by atoms with Crippen molar-refractivity contribution in [3.8, 4) is 11.3 Å². The molecular formula is C22H20F3N7. The quantitative estimate of drug-likeness (QED) is 0.492. The van der Waals surface area contributed by atoms with Crippen molar-refractivity contribution in [2.75, 3.05) is 18.5 Å². The Labute approximate surface area is 181 Å². The Morgan fingerprint density at radius 3 is 2.84 bits per heavy atom. The summed E-state index contributed by atoms with van der Waals surface area (Å²) in [4.78, 5) is 17.0. The molecule has 1 aliphatic heterocycles. The van der Waals surface area contributed by atoms with Gasteiger partial charge in [-0.25, -0.2) is 33.1 Å². The molecule has 0 fully saturated rings. The summed E-state index contributed by atoms with van der Waals surface area (Å²) in [6.45, 7) is 2.70. The van der Waals surface area contributed by atoms with E-state index in [1.165, 1.54) is 6.07 Å². The van der Waals surface area contributed by atoms with Gasteiger partial charge in [-0.1, -0.05) is 6.07 Å². The predicted octanol–water partition coefficient (Wildman–Crippen LogP) is 3.83. The Bertz CT molecular complexity index is 1320. The maximum Gasteiger partial charge on any atom is 0.229 e. The predicted molar refractivity (Wildman–Crippen MR) is 114 cm³/mol. The Morgan fingerprint density at radius 1 is 1.12 bits per heavy atom. The lowest BCUT2D eigenvalue weighted by Gasteiger charge is -2.17. The number of nitrogens with one attached hydrogen (secondary N) is 2. The number of hydrogen-bond donors (Lipinski definition) is 2. The molecule has 0 amide bonds. The number of pyridine rings is 1. The number of rotatable bonds is 5. The van der Waals surface area contributed by atoms with Crippen LogP contribution in [-0.2, 0) is 19.5 Å². The summed E-state index contributed by atoms with van der Waals surface area (Å²) in [5.74, 6) is -0.172. The highest BCUT2D eigenvalue weighted by Crippen LogP contribution is 2.29. The molecule has 164 valence electrons. The summed E-state index contributed by atoms with van der Waals surface area (Å²) in [5, 5.41) is 6.29. The third-order valence-electron chi connectivity index (χ3n) is 5.49. The normalized spacial score (nSPS) is 13.4. The first-order chi connectivity index (χ1) is 15.5. The van der Waals surface area contributed by atoms with E-state index < -0.39 is 18.3 Å². The second-order valence-corrected chi connectivity index (χ2v) is 7.57.